The summed E-state index contributed by atoms with van der Waals surface area (Å²) in [6.07, 6.45) is 3.94. The van der Waals surface area contributed by atoms with E-state index < -0.39 is 10.0 Å². The first-order valence-corrected chi connectivity index (χ1v) is 9.86. The monoisotopic (exact) mass is 341 g/mol. The second-order valence-corrected chi connectivity index (χ2v) is 7.77. The highest BCUT2D eigenvalue weighted by molar-refractivity contribution is 7.89. The zero-order valence-corrected chi connectivity index (χ0v) is 15.0. The predicted molar refractivity (Wildman–Crippen MR) is 90.5 cm³/mol. The Hall–Kier alpha value is -1.27. The smallest absolute Gasteiger partial charge is 0.240 e. The van der Waals surface area contributed by atoms with E-state index in [9.17, 15) is 8.42 Å². The summed E-state index contributed by atoms with van der Waals surface area (Å²) in [6.45, 7) is 6.91. The second kappa shape index (κ2) is 8.02. The minimum Gasteiger partial charge on any atom is -0.490 e. The number of sulfonamides is 1. The van der Waals surface area contributed by atoms with E-state index in [1.807, 2.05) is 13.8 Å². The minimum atomic E-state index is -3.54. The van der Waals surface area contributed by atoms with Crippen LogP contribution in [-0.2, 0) is 10.0 Å². The van der Waals surface area contributed by atoms with E-state index in [0.717, 1.165) is 25.7 Å². The molecule has 0 atom stereocenters. The number of benzene rings is 1. The quantitative estimate of drug-likeness (QED) is 0.826. The molecular formula is C17H27NO4S. The van der Waals surface area contributed by atoms with Crippen LogP contribution in [0, 0.1) is 5.92 Å². The highest BCUT2D eigenvalue weighted by Gasteiger charge is 2.25. The Morgan fingerprint density at radius 3 is 2.26 bits per heavy atom. The number of hydrogen-bond acceptors (Lipinski definition) is 4. The van der Waals surface area contributed by atoms with E-state index in [4.69, 9.17) is 9.47 Å². The molecule has 1 aromatic rings. The molecule has 1 fully saturated rings. The van der Waals surface area contributed by atoms with Gasteiger partial charge in [-0.05, 0) is 57.6 Å². The zero-order chi connectivity index (χ0) is 16.9. The highest BCUT2D eigenvalue weighted by atomic mass is 32.2. The Kier molecular flexibility index (Phi) is 6.30. The van der Waals surface area contributed by atoms with Crippen LogP contribution < -0.4 is 14.2 Å². The molecule has 1 N–H and O–H groups in total. The molecule has 0 aromatic heterocycles. The van der Waals surface area contributed by atoms with Gasteiger partial charge in [-0.25, -0.2) is 13.1 Å². The molecule has 5 nitrogen and oxygen atoms in total. The lowest BCUT2D eigenvalue weighted by atomic mass is 9.88. The molecule has 6 heteroatoms. The molecule has 1 aliphatic carbocycles. The summed E-state index contributed by atoms with van der Waals surface area (Å²) in [5.74, 6) is 1.72. The van der Waals surface area contributed by atoms with Crippen molar-refractivity contribution in [3.8, 4) is 11.5 Å². The largest absolute Gasteiger partial charge is 0.490 e. The van der Waals surface area contributed by atoms with Crippen molar-refractivity contribution in [3.05, 3.63) is 18.2 Å². The molecule has 1 aromatic carbocycles. The Bertz CT molecular complexity index is 607. The average molecular weight is 341 g/mol. The molecule has 0 unspecified atom stereocenters. The normalized spacial score (nSPS) is 21.9. The molecule has 0 radical (unpaired) electrons. The Morgan fingerprint density at radius 1 is 1.04 bits per heavy atom. The molecule has 0 aliphatic heterocycles. The summed E-state index contributed by atoms with van der Waals surface area (Å²) >= 11 is 0. The standard InChI is InChI=1S/C17H27NO4S/c1-4-21-16-11-10-15(12-17(16)22-5-2)23(19,20)18-14-8-6-13(3)7-9-14/h10-14,18H,4-9H2,1-3H3. The SMILES string of the molecule is CCOc1ccc(S(=O)(=O)NC2CCC(C)CC2)cc1OCC. The predicted octanol–water partition coefficient (Wildman–Crippen LogP) is 3.34. The van der Waals surface area contributed by atoms with E-state index in [0.29, 0.717) is 30.6 Å². The van der Waals surface area contributed by atoms with Gasteiger partial charge in [0.2, 0.25) is 10.0 Å². The van der Waals surface area contributed by atoms with E-state index >= 15 is 0 Å². The number of rotatable bonds is 7. The summed E-state index contributed by atoms with van der Waals surface area (Å²) in [5, 5.41) is 0. The molecule has 1 aliphatic rings. The van der Waals surface area contributed by atoms with Crippen LogP contribution in [0.4, 0.5) is 0 Å². The van der Waals surface area contributed by atoms with Crippen molar-refractivity contribution in [2.45, 2.75) is 57.4 Å². The van der Waals surface area contributed by atoms with Crippen molar-refractivity contribution < 1.29 is 17.9 Å². The summed E-state index contributed by atoms with van der Waals surface area (Å²) < 4.78 is 39.0. The van der Waals surface area contributed by atoms with Gasteiger partial charge in [-0.15, -0.1) is 0 Å². The number of hydrogen-bond donors (Lipinski definition) is 1. The van der Waals surface area contributed by atoms with Crippen LogP contribution in [0.3, 0.4) is 0 Å². The van der Waals surface area contributed by atoms with E-state index in [1.54, 1.807) is 18.2 Å². The van der Waals surface area contributed by atoms with Gasteiger partial charge in [-0.2, -0.15) is 0 Å². The molecule has 0 spiro atoms. The first-order chi connectivity index (χ1) is 11.0. The fourth-order valence-electron chi connectivity index (χ4n) is 2.86. The van der Waals surface area contributed by atoms with Crippen LogP contribution in [0.2, 0.25) is 0 Å². The van der Waals surface area contributed by atoms with Crippen LogP contribution >= 0.6 is 0 Å². The van der Waals surface area contributed by atoms with Crippen molar-refractivity contribution in [3.63, 3.8) is 0 Å². The Morgan fingerprint density at radius 2 is 1.65 bits per heavy atom. The van der Waals surface area contributed by atoms with Crippen LogP contribution in [0.25, 0.3) is 0 Å². The lowest BCUT2D eigenvalue weighted by Crippen LogP contribution is -2.37. The molecule has 0 bridgehead atoms. The van der Waals surface area contributed by atoms with Gasteiger partial charge in [0.15, 0.2) is 11.5 Å². The van der Waals surface area contributed by atoms with Gasteiger partial charge >= 0.3 is 0 Å². The molecule has 23 heavy (non-hydrogen) atoms. The highest BCUT2D eigenvalue weighted by Crippen LogP contribution is 2.31. The molecule has 0 amide bonds. The molecule has 130 valence electrons. The van der Waals surface area contributed by atoms with Crippen molar-refractivity contribution >= 4 is 10.0 Å². The third kappa shape index (κ3) is 4.85. The van der Waals surface area contributed by atoms with Crippen LogP contribution in [-0.4, -0.2) is 27.7 Å². The van der Waals surface area contributed by atoms with Gasteiger partial charge in [0.25, 0.3) is 0 Å². The third-order valence-electron chi connectivity index (χ3n) is 4.16. The maximum Gasteiger partial charge on any atom is 0.240 e. The van der Waals surface area contributed by atoms with Gasteiger partial charge in [-0.3, -0.25) is 0 Å². The van der Waals surface area contributed by atoms with Crippen molar-refractivity contribution in [2.75, 3.05) is 13.2 Å². The van der Waals surface area contributed by atoms with Crippen molar-refractivity contribution in [2.24, 2.45) is 5.92 Å². The molecule has 2 rings (SSSR count). The molecular weight excluding hydrogens is 314 g/mol. The maximum atomic E-state index is 12.6. The van der Waals surface area contributed by atoms with Gasteiger partial charge < -0.3 is 9.47 Å². The summed E-state index contributed by atoms with van der Waals surface area (Å²) in [7, 11) is -3.54. The summed E-state index contributed by atoms with van der Waals surface area (Å²) in [6, 6.07) is 4.80. The average Bonchev–Trinajstić information content (AvgIpc) is 2.51. The molecule has 0 heterocycles. The lowest BCUT2D eigenvalue weighted by molar-refractivity contribution is 0.287. The van der Waals surface area contributed by atoms with Crippen molar-refractivity contribution in [1.29, 1.82) is 0 Å². The summed E-state index contributed by atoms with van der Waals surface area (Å²) in [4.78, 5) is 0.225. The van der Waals surface area contributed by atoms with Gasteiger partial charge in [0.1, 0.15) is 0 Å². The second-order valence-electron chi connectivity index (χ2n) is 6.05. The summed E-state index contributed by atoms with van der Waals surface area (Å²) in [5.41, 5.74) is 0. The van der Waals surface area contributed by atoms with E-state index in [-0.39, 0.29) is 10.9 Å². The Balaban J connectivity index is 2.16. The van der Waals surface area contributed by atoms with Gasteiger partial charge in [0.05, 0.1) is 18.1 Å². The topological polar surface area (TPSA) is 64.6 Å². The maximum absolute atomic E-state index is 12.6. The Labute approximate surface area is 139 Å². The molecule has 0 saturated heterocycles. The van der Waals surface area contributed by atoms with Crippen LogP contribution in [0.5, 0.6) is 11.5 Å². The third-order valence-corrected chi connectivity index (χ3v) is 5.68. The first kappa shape index (κ1) is 18.1. The first-order valence-electron chi connectivity index (χ1n) is 8.38. The van der Waals surface area contributed by atoms with Crippen molar-refractivity contribution in [1.82, 2.24) is 4.72 Å². The van der Waals surface area contributed by atoms with Crippen LogP contribution in [0.1, 0.15) is 46.5 Å². The fraction of sp³-hybridized carbons (Fsp3) is 0.647. The van der Waals surface area contributed by atoms with Gasteiger partial charge in [-0.1, -0.05) is 6.92 Å². The van der Waals surface area contributed by atoms with E-state index in [2.05, 4.69) is 11.6 Å². The van der Waals surface area contributed by atoms with Gasteiger partial charge in [0, 0.05) is 12.1 Å². The fourth-order valence-corrected chi connectivity index (χ4v) is 4.18. The van der Waals surface area contributed by atoms with Crippen LogP contribution in [0.15, 0.2) is 23.1 Å². The lowest BCUT2D eigenvalue weighted by Gasteiger charge is -2.26. The minimum absolute atomic E-state index is 0.0262. The molecule has 1 saturated carbocycles. The zero-order valence-electron chi connectivity index (χ0n) is 14.2. The number of nitrogens with one attached hydrogen (secondary N) is 1. The van der Waals surface area contributed by atoms with E-state index in [1.165, 1.54) is 0 Å². The number of ether oxygens (including phenoxy) is 2.